The number of benzene rings is 1. The van der Waals surface area contributed by atoms with Gasteiger partial charge in [0.05, 0.1) is 12.6 Å². The van der Waals surface area contributed by atoms with Gasteiger partial charge in [-0.2, -0.15) is 0 Å². The van der Waals surface area contributed by atoms with Crippen molar-refractivity contribution in [3.63, 3.8) is 0 Å². The number of fused-ring (bicyclic) bond motifs is 1. The maximum atomic E-state index is 11.2. The smallest absolute Gasteiger partial charge is 0.252 e. The lowest BCUT2D eigenvalue weighted by atomic mass is 10.2. The highest BCUT2D eigenvalue weighted by atomic mass is 16.5. The second-order valence-corrected chi connectivity index (χ2v) is 2.93. The summed E-state index contributed by atoms with van der Waals surface area (Å²) >= 11 is 0. The van der Waals surface area contributed by atoms with Crippen LogP contribution in [0.1, 0.15) is 0 Å². The van der Waals surface area contributed by atoms with Crippen molar-refractivity contribution in [3.05, 3.63) is 34.6 Å². The first kappa shape index (κ1) is 8.62. The number of pyridine rings is 1. The van der Waals surface area contributed by atoms with Crippen LogP contribution in [-0.2, 0) is 0 Å². The summed E-state index contributed by atoms with van der Waals surface area (Å²) in [5.41, 5.74) is 0.314. The van der Waals surface area contributed by atoms with Gasteiger partial charge in [-0.1, -0.05) is 0 Å². The van der Waals surface area contributed by atoms with E-state index in [9.17, 15) is 9.90 Å². The number of ether oxygens (including phenoxy) is 1. The van der Waals surface area contributed by atoms with E-state index in [0.717, 1.165) is 5.39 Å². The lowest BCUT2D eigenvalue weighted by Gasteiger charge is -2.04. The third kappa shape index (κ3) is 1.31. The van der Waals surface area contributed by atoms with E-state index in [-0.39, 0.29) is 11.3 Å². The van der Waals surface area contributed by atoms with Crippen LogP contribution in [-0.4, -0.2) is 17.2 Å². The van der Waals surface area contributed by atoms with E-state index in [0.29, 0.717) is 11.3 Å². The Morgan fingerprint density at radius 1 is 1.36 bits per heavy atom. The van der Waals surface area contributed by atoms with Crippen molar-refractivity contribution in [1.82, 2.24) is 4.98 Å². The van der Waals surface area contributed by atoms with E-state index in [1.54, 1.807) is 12.1 Å². The Labute approximate surface area is 79.8 Å². The van der Waals surface area contributed by atoms with Gasteiger partial charge in [0, 0.05) is 17.5 Å². The largest absolute Gasteiger partial charge is 0.508 e. The number of hydrogen-bond donors (Lipinski definition) is 2. The highest BCUT2D eigenvalue weighted by molar-refractivity contribution is 5.85. The maximum Gasteiger partial charge on any atom is 0.252 e. The number of rotatable bonds is 1. The van der Waals surface area contributed by atoms with Crippen LogP contribution in [0.4, 0.5) is 0 Å². The fourth-order valence-electron chi connectivity index (χ4n) is 1.39. The fourth-order valence-corrected chi connectivity index (χ4v) is 1.39. The van der Waals surface area contributed by atoms with E-state index in [1.807, 2.05) is 0 Å². The molecule has 0 saturated carbocycles. The van der Waals surface area contributed by atoms with Crippen molar-refractivity contribution in [3.8, 4) is 11.5 Å². The zero-order chi connectivity index (χ0) is 10.1. The summed E-state index contributed by atoms with van der Waals surface area (Å²) < 4.78 is 5.05. The molecule has 2 rings (SSSR count). The van der Waals surface area contributed by atoms with Crippen LogP contribution in [0.2, 0.25) is 0 Å². The van der Waals surface area contributed by atoms with Gasteiger partial charge in [-0.15, -0.1) is 0 Å². The Morgan fingerprint density at radius 2 is 2.14 bits per heavy atom. The summed E-state index contributed by atoms with van der Waals surface area (Å²) in [6, 6.07) is 6.10. The molecule has 0 aliphatic heterocycles. The average molecular weight is 191 g/mol. The summed E-state index contributed by atoms with van der Waals surface area (Å²) in [6.07, 6.45) is 0. The average Bonchev–Trinajstić information content (AvgIpc) is 2.15. The molecule has 14 heavy (non-hydrogen) atoms. The van der Waals surface area contributed by atoms with Gasteiger partial charge in [-0.05, 0) is 12.1 Å². The summed E-state index contributed by atoms with van der Waals surface area (Å²) in [5.74, 6) is 0.616. The van der Waals surface area contributed by atoms with Gasteiger partial charge in [-0.25, -0.2) is 0 Å². The zero-order valence-corrected chi connectivity index (χ0v) is 7.57. The molecule has 0 amide bonds. The Kier molecular flexibility index (Phi) is 1.89. The van der Waals surface area contributed by atoms with Crippen molar-refractivity contribution < 1.29 is 9.84 Å². The Morgan fingerprint density at radius 3 is 2.86 bits per heavy atom. The monoisotopic (exact) mass is 191 g/mol. The highest BCUT2D eigenvalue weighted by Crippen LogP contribution is 2.24. The van der Waals surface area contributed by atoms with Gasteiger partial charge in [-0.3, -0.25) is 4.79 Å². The number of phenolic OH excluding ortho intramolecular Hbond substituents is 1. The van der Waals surface area contributed by atoms with Crippen LogP contribution in [0.5, 0.6) is 11.5 Å². The number of H-pyrrole nitrogens is 1. The van der Waals surface area contributed by atoms with E-state index in [1.165, 1.54) is 19.2 Å². The number of methoxy groups -OCH3 is 1. The summed E-state index contributed by atoms with van der Waals surface area (Å²) in [6.45, 7) is 0. The first-order valence-electron chi connectivity index (χ1n) is 4.11. The third-order valence-electron chi connectivity index (χ3n) is 2.01. The standard InChI is InChI=1S/C10H9NO3/c1-14-9-5-10(13)11-8-4-6(12)2-3-7(8)9/h2-5,12H,1H3,(H,11,13). The molecule has 1 aromatic carbocycles. The van der Waals surface area contributed by atoms with E-state index >= 15 is 0 Å². The van der Waals surface area contributed by atoms with Gasteiger partial charge >= 0.3 is 0 Å². The molecule has 2 N–H and O–H groups in total. The van der Waals surface area contributed by atoms with Gasteiger partial charge in [0.1, 0.15) is 11.5 Å². The second-order valence-electron chi connectivity index (χ2n) is 2.93. The van der Waals surface area contributed by atoms with Crippen LogP contribution >= 0.6 is 0 Å². The molecule has 1 heterocycles. The van der Waals surface area contributed by atoms with Gasteiger partial charge in [0.25, 0.3) is 5.56 Å². The van der Waals surface area contributed by atoms with Gasteiger partial charge in [0.2, 0.25) is 0 Å². The summed E-state index contributed by atoms with van der Waals surface area (Å²) in [4.78, 5) is 13.8. The second kappa shape index (κ2) is 3.06. The molecule has 1 aromatic heterocycles. The fraction of sp³-hybridized carbons (Fsp3) is 0.100. The molecule has 0 radical (unpaired) electrons. The number of aromatic hydroxyl groups is 1. The molecule has 72 valence electrons. The third-order valence-corrected chi connectivity index (χ3v) is 2.01. The quantitative estimate of drug-likeness (QED) is 0.712. The molecule has 4 heteroatoms. The SMILES string of the molecule is COc1cc(=O)[nH]c2cc(O)ccc12. The summed E-state index contributed by atoms with van der Waals surface area (Å²) in [7, 11) is 1.50. The maximum absolute atomic E-state index is 11.2. The van der Waals surface area contributed by atoms with Crippen LogP contribution in [0, 0.1) is 0 Å². The molecule has 0 spiro atoms. The molecule has 0 fully saturated rings. The summed E-state index contributed by atoms with van der Waals surface area (Å²) in [5, 5.41) is 9.99. The van der Waals surface area contributed by atoms with Crippen LogP contribution in [0.15, 0.2) is 29.1 Å². The van der Waals surface area contributed by atoms with Crippen molar-refractivity contribution in [2.45, 2.75) is 0 Å². The predicted octanol–water partition coefficient (Wildman–Crippen LogP) is 1.24. The molecule has 0 aliphatic carbocycles. The molecular formula is C10H9NO3. The molecule has 0 saturated heterocycles. The lowest BCUT2D eigenvalue weighted by Crippen LogP contribution is -2.04. The zero-order valence-electron chi connectivity index (χ0n) is 7.57. The minimum absolute atomic E-state index is 0.112. The number of aromatic nitrogens is 1. The predicted molar refractivity (Wildman–Crippen MR) is 52.8 cm³/mol. The van der Waals surface area contributed by atoms with Gasteiger partial charge in [0.15, 0.2) is 0 Å². The van der Waals surface area contributed by atoms with E-state index in [4.69, 9.17) is 4.74 Å². The molecule has 2 aromatic rings. The van der Waals surface area contributed by atoms with Crippen LogP contribution in [0.25, 0.3) is 10.9 Å². The van der Waals surface area contributed by atoms with Crippen LogP contribution < -0.4 is 10.3 Å². The number of phenols is 1. The van der Waals surface area contributed by atoms with Crippen molar-refractivity contribution in [2.24, 2.45) is 0 Å². The number of nitrogens with one attached hydrogen (secondary N) is 1. The first-order chi connectivity index (χ1) is 6.70. The van der Waals surface area contributed by atoms with Crippen LogP contribution in [0.3, 0.4) is 0 Å². The van der Waals surface area contributed by atoms with E-state index in [2.05, 4.69) is 4.98 Å². The number of aromatic amines is 1. The molecule has 0 atom stereocenters. The topological polar surface area (TPSA) is 62.3 Å². The van der Waals surface area contributed by atoms with Crippen molar-refractivity contribution in [2.75, 3.05) is 7.11 Å². The van der Waals surface area contributed by atoms with Crippen molar-refractivity contribution >= 4 is 10.9 Å². The molecular weight excluding hydrogens is 182 g/mol. The molecule has 4 nitrogen and oxygen atoms in total. The first-order valence-corrected chi connectivity index (χ1v) is 4.11. The molecule has 0 bridgehead atoms. The van der Waals surface area contributed by atoms with Gasteiger partial charge < -0.3 is 14.8 Å². The lowest BCUT2D eigenvalue weighted by molar-refractivity contribution is 0.419. The minimum atomic E-state index is -0.250. The van der Waals surface area contributed by atoms with Crippen molar-refractivity contribution in [1.29, 1.82) is 0 Å². The Bertz CT molecular complexity index is 530. The Hall–Kier alpha value is -1.97. The normalized spacial score (nSPS) is 10.4. The van der Waals surface area contributed by atoms with E-state index < -0.39 is 0 Å². The number of hydrogen-bond acceptors (Lipinski definition) is 3. The molecule has 0 aliphatic rings. The Balaban J connectivity index is 2.87. The highest BCUT2D eigenvalue weighted by Gasteiger charge is 2.03. The minimum Gasteiger partial charge on any atom is -0.508 e. The molecule has 0 unspecified atom stereocenters.